The van der Waals surface area contributed by atoms with Crippen molar-refractivity contribution in [3.63, 3.8) is 0 Å². The maximum absolute atomic E-state index is 12.7. The van der Waals surface area contributed by atoms with Gasteiger partial charge in [0.15, 0.2) is 5.96 Å². The van der Waals surface area contributed by atoms with Crippen molar-refractivity contribution in [3.8, 4) is 22.1 Å². The number of thiazole rings is 1. The number of guanidine groups is 1. The van der Waals surface area contributed by atoms with Gasteiger partial charge in [-0.2, -0.15) is 8.78 Å². The third kappa shape index (κ3) is 7.59. The van der Waals surface area contributed by atoms with Gasteiger partial charge in [0.2, 0.25) is 0 Å². The molecule has 0 atom stereocenters. The van der Waals surface area contributed by atoms with Gasteiger partial charge in [-0.25, -0.2) is 4.98 Å². The van der Waals surface area contributed by atoms with Gasteiger partial charge in [0, 0.05) is 43.1 Å². The molecule has 172 valence electrons. The first kappa shape index (κ1) is 25.8. The van der Waals surface area contributed by atoms with E-state index in [2.05, 4.69) is 25.3 Å². The molecule has 0 saturated heterocycles. The molecule has 0 saturated carbocycles. The Kier molecular flexibility index (Phi) is 10.6. The normalized spacial score (nSPS) is 11.1. The van der Waals surface area contributed by atoms with Crippen LogP contribution in [0.5, 0.6) is 11.5 Å². The molecule has 0 unspecified atom stereocenters. The lowest BCUT2D eigenvalue weighted by molar-refractivity contribution is -0.0504. The van der Waals surface area contributed by atoms with E-state index in [1.165, 1.54) is 13.2 Å². The molecule has 32 heavy (non-hydrogen) atoms. The summed E-state index contributed by atoms with van der Waals surface area (Å²) in [6.07, 6.45) is 0.725. The molecule has 1 aromatic heterocycles. The van der Waals surface area contributed by atoms with Crippen LogP contribution in [0.3, 0.4) is 0 Å². The fourth-order valence-electron chi connectivity index (χ4n) is 2.88. The highest BCUT2D eigenvalue weighted by molar-refractivity contribution is 14.0. The standard InChI is InChI=1S/C22H24F2N4O2S.HI/c1-25-22(27-13-16-12-18(29-2)8-9-19(16)30-21(23)24)26-11-10-17-14-31-20(28-17)15-6-4-3-5-7-15;/h3-9,12,14,21H,10-11,13H2,1-2H3,(H2,25,26,27);1H. The first-order chi connectivity index (χ1) is 15.1. The van der Waals surface area contributed by atoms with E-state index in [4.69, 9.17) is 4.74 Å². The van der Waals surface area contributed by atoms with Gasteiger partial charge in [-0.15, -0.1) is 35.3 Å². The molecule has 3 rings (SSSR count). The molecule has 6 nitrogen and oxygen atoms in total. The Morgan fingerprint density at radius 2 is 1.94 bits per heavy atom. The number of rotatable bonds is 9. The molecule has 2 aromatic carbocycles. The monoisotopic (exact) mass is 574 g/mol. The van der Waals surface area contributed by atoms with Gasteiger partial charge in [0.05, 0.1) is 12.8 Å². The molecule has 0 fully saturated rings. The van der Waals surface area contributed by atoms with Gasteiger partial charge in [0.1, 0.15) is 16.5 Å². The maximum Gasteiger partial charge on any atom is 0.387 e. The number of benzene rings is 2. The van der Waals surface area contributed by atoms with E-state index in [1.807, 2.05) is 35.7 Å². The highest BCUT2D eigenvalue weighted by atomic mass is 127. The summed E-state index contributed by atoms with van der Waals surface area (Å²) in [4.78, 5) is 8.85. The second-order valence-electron chi connectivity index (χ2n) is 6.46. The summed E-state index contributed by atoms with van der Waals surface area (Å²) in [6.45, 7) is -2.03. The van der Waals surface area contributed by atoms with Gasteiger partial charge >= 0.3 is 6.61 Å². The van der Waals surface area contributed by atoms with Crippen molar-refractivity contribution in [2.75, 3.05) is 20.7 Å². The first-order valence-electron chi connectivity index (χ1n) is 9.65. The predicted molar refractivity (Wildman–Crippen MR) is 134 cm³/mol. The van der Waals surface area contributed by atoms with Crippen LogP contribution >= 0.6 is 35.3 Å². The van der Waals surface area contributed by atoms with E-state index in [1.54, 1.807) is 30.5 Å². The number of nitrogens with one attached hydrogen (secondary N) is 2. The zero-order chi connectivity index (χ0) is 22.1. The van der Waals surface area contributed by atoms with Crippen LogP contribution in [0.1, 0.15) is 11.3 Å². The number of ether oxygens (including phenoxy) is 2. The number of aromatic nitrogens is 1. The Morgan fingerprint density at radius 1 is 1.16 bits per heavy atom. The molecule has 0 radical (unpaired) electrons. The maximum atomic E-state index is 12.7. The minimum Gasteiger partial charge on any atom is -0.497 e. The van der Waals surface area contributed by atoms with E-state index >= 15 is 0 Å². The summed E-state index contributed by atoms with van der Waals surface area (Å²) in [5.41, 5.74) is 2.63. The van der Waals surface area contributed by atoms with Crippen molar-refractivity contribution in [3.05, 3.63) is 65.2 Å². The highest BCUT2D eigenvalue weighted by Gasteiger charge is 2.12. The number of methoxy groups -OCH3 is 1. The Bertz CT molecular complexity index is 1000. The third-order valence-corrected chi connectivity index (χ3v) is 5.34. The number of hydrogen-bond acceptors (Lipinski definition) is 5. The van der Waals surface area contributed by atoms with Gasteiger partial charge in [0.25, 0.3) is 0 Å². The quantitative estimate of drug-likeness (QED) is 0.215. The van der Waals surface area contributed by atoms with E-state index in [9.17, 15) is 8.78 Å². The lowest BCUT2D eigenvalue weighted by Crippen LogP contribution is -2.38. The topological polar surface area (TPSA) is 67.8 Å². The largest absolute Gasteiger partial charge is 0.497 e. The van der Waals surface area contributed by atoms with Crippen LogP contribution < -0.4 is 20.1 Å². The fraction of sp³-hybridized carbons (Fsp3) is 0.273. The van der Waals surface area contributed by atoms with Crippen LogP contribution in [0.15, 0.2) is 58.9 Å². The third-order valence-electron chi connectivity index (χ3n) is 4.40. The molecule has 0 spiro atoms. The van der Waals surface area contributed by atoms with Crippen LogP contribution in [-0.2, 0) is 13.0 Å². The highest BCUT2D eigenvalue weighted by Crippen LogP contribution is 2.26. The van der Waals surface area contributed by atoms with Crippen LogP contribution in [0.25, 0.3) is 10.6 Å². The number of hydrogen-bond donors (Lipinski definition) is 2. The zero-order valence-electron chi connectivity index (χ0n) is 17.7. The van der Waals surface area contributed by atoms with E-state index < -0.39 is 6.61 Å². The lowest BCUT2D eigenvalue weighted by atomic mass is 10.2. The smallest absolute Gasteiger partial charge is 0.387 e. The Balaban J connectivity index is 0.00000363. The van der Waals surface area contributed by atoms with Crippen molar-refractivity contribution in [2.45, 2.75) is 19.6 Å². The van der Waals surface area contributed by atoms with Gasteiger partial charge < -0.3 is 20.1 Å². The van der Waals surface area contributed by atoms with Gasteiger partial charge in [-0.05, 0) is 18.2 Å². The number of alkyl halides is 2. The fourth-order valence-corrected chi connectivity index (χ4v) is 3.74. The van der Waals surface area contributed by atoms with Crippen molar-refractivity contribution in [2.24, 2.45) is 4.99 Å². The second kappa shape index (κ2) is 13.2. The molecular weight excluding hydrogens is 549 g/mol. The molecule has 0 aliphatic rings. The molecule has 1 heterocycles. The Morgan fingerprint density at radius 3 is 2.62 bits per heavy atom. The molecule has 10 heteroatoms. The summed E-state index contributed by atoms with van der Waals surface area (Å²) < 4.78 is 35.1. The zero-order valence-corrected chi connectivity index (χ0v) is 20.8. The van der Waals surface area contributed by atoms with Gasteiger partial charge in [-0.3, -0.25) is 4.99 Å². The van der Waals surface area contributed by atoms with Gasteiger partial charge in [-0.1, -0.05) is 30.3 Å². The Hall–Kier alpha value is -2.47. The number of nitrogens with zero attached hydrogens (tertiary/aromatic N) is 2. The lowest BCUT2D eigenvalue weighted by Gasteiger charge is -2.15. The van der Waals surface area contributed by atoms with E-state index in [-0.39, 0.29) is 36.3 Å². The first-order valence-corrected chi connectivity index (χ1v) is 10.5. The van der Waals surface area contributed by atoms with Crippen LogP contribution in [0.4, 0.5) is 8.78 Å². The minimum atomic E-state index is -2.90. The number of aliphatic imine (C=N–C) groups is 1. The van der Waals surface area contributed by atoms with Crippen molar-refractivity contribution < 1.29 is 18.3 Å². The van der Waals surface area contributed by atoms with E-state index in [0.717, 1.165) is 22.7 Å². The summed E-state index contributed by atoms with van der Waals surface area (Å²) in [5, 5.41) is 9.35. The van der Waals surface area contributed by atoms with Crippen molar-refractivity contribution >= 4 is 41.3 Å². The van der Waals surface area contributed by atoms with E-state index in [0.29, 0.717) is 23.8 Å². The van der Waals surface area contributed by atoms with Crippen LogP contribution in [-0.4, -0.2) is 38.3 Å². The Labute approximate surface area is 207 Å². The average molecular weight is 574 g/mol. The SMILES string of the molecule is CN=C(NCCc1csc(-c2ccccc2)n1)NCc1cc(OC)ccc1OC(F)F.I. The molecule has 0 amide bonds. The molecule has 3 aromatic rings. The average Bonchev–Trinajstić information content (AvgIpc) is 3.26. The molecule has 0 aliphatic carbocycles. The van der Waals surface area contributed by atoms with Crippen LogP contribution in [0, 0.1) is 0 Å². The predicted octanol–water partition coefficient (Wildman–Crippen LogP) is 4.95. The summed E-state index contributed by atoms with van der Waals surface area (Å²) in [5.74, 6) is 1.19. The van der Waals surface area contributed by atoms with Crippen molar-refractivity contribution in [1.29, 1.82) is 0 Å². The molecule has 0 aliphatic heterocycles. The summed E-state index contributed by atoms with van der Waals surface area (Å²) >= 11 is 1.61. The van der Waals surface area contributed by atoms with Crippen molar-refractivity contribution in [1.82, 2.24) is 15.6 Å². The number of halogens is 3. The van der Waals surface area contributed by atoms with Crippen LogP contribution in [0.2, 0.25) is 0 Å². The summed E-state index contributed by atoms with van der Waals surface area (Å²) in [7, 11) is 3.16. The second-order valence-corrected chi connectivity index (χ2v) is 7.32. The minimum absolute atomic E-state index is 0. The molecule has 2 N–H and O–H groups in total. The molecular formula is C22H25F2IN4O2S. The summed E-state index contributed by atoms with van der Waals surface area (Å²) in [6, 6.07) is 14.7. The molecule has 0 bridgehead atoms.